The molecule has 0 saturated carbocycles. The Labute approximate surface area is 151 Å². The van der Waals surface area contributed by atoms with Gasteiger partial charge in [-0.25, -0.2) is 4.39 Å². The van der Waals surface area contributed by atoms with Crippen molar-refractivity contribution in [2.24, 2.45) is 0 Å². The molecular formula is C16H11ClFN3OS2. The average molecular weight is 380 g/mol. The van der Waals surface area contributed by atoms with E-state index in [-0.39, 0.29) is 11.7 Å². The molecule has 1 amide bonds. The second kappa shape index (κ2) is 7.74. The van der Waals surface area contributed by atoms with E-state index < -0.39 is 0 Å². The quantitative estimate of drug-likeness (QED) is 0.507. The van der Waals surface area contributed by atoms with E-state index in [4.69, 9.17) is 11.6 Å². The van der Waals surface area contributed by atoms with Crippen molar-refractivity contribution in [3.05, 3.63) is 70.5 Å². The molecule has 0 bridgehead atoms. The van der Waals surface area contributed by atoms with E-state index in [2.05, 4.69) is 15.5 Å². The van der Waals surface area contributed by atoms with Gasteiger partial charge in [-0.1, -0.05) is 59.0 Å². The highest BCUT2D eigenvalue weighted by Gasteiger charge is 2.11. The van der Waals surface area contributed by atoms with Crippen LogP contribution in [-0.2, 0) is 5.75 Å². The molecule has 0 unspecified atom stereocenters. The fourth-order valence-electron chi connectivity index (χ4n) is 1.87. The summed E-state index contributed by atoms with van der Waals surface area (Å²) in [6.45, 7) is 0. The zero-order chi connectivity index (χ0) is 16.9. The zero-order valence-electron chi connectivity index (χ0n) is 12.2. The first kappa shape index (κ1) is 16.9. The first-order valence-electron chi connectivity index (χ1n) is 6.88. The number of carbonyl (C=O) groups is 1. The second-order valence-corrected chi connectivity index (χ2v) is 7.35. The number of carbonyl (C=O) groups excluding carboxylic acids is 1. The van der Waals surface area contributed by atoms with Crippen LogP contribution < -0.4 is 5.32 Å². The smallest absolute Gasteiger partial charge is 0.257 e. The van der Waals surface area contributed by atoms with E-state index >= 15 is 0 Å². The lowest BCUT2D eigenvalue weighted by Crippen LogP contribution is -2.11. The van der Waals surface area contributed by atoms with Gasteiger partial charge in [-0.3, -0.25) is 10.1 Å². The Bertz CT molecular complexity index is 872. The van der Waals surface area contributed by atoms with Crippen molar-refractivity contribution in [3.8, 4) is 0 Å². The summed E-state index contributed by atoms with van der Waals surface area (Å²) in [6.07, 6.45) is 0. The van der Waals surface area contributed by atoms with Crippen LogP contribution in [0, 0.1) is 5.82 Å². The van der Waals surface area contributed by atoms with Gasteiger partial charge in [-0.05, 0) is 29.8 Å². The molecule has 8 heteroatoms. The summed E-state index contributed by atoms with van der Waals surface area (Å²) < 4.78 is 14.2. The minimum atomic E-state index is -0.306. The SMILES string of the molecule is O=C(Nc1nnc(SCc2ccccc2F)s1)c1cccc(Cl)c1. The third-order valence-corrected chi connectivity index (χ3v) is 5.28. The van der Waals surface area contributed by atoms with Gasteiger partial charge in [-0.15, -0.1) is 10.2 Å². The fourth-order valence-corrected chi connectivity index (χ4v) is 3.80. The summed E-state index contributed by atoms with van der Waals surface area (Å²) in [4.78, 5) is 12.1. The lowest BCUT2D eigenvalue weighted by atomic mass is 10.2. The van der Waals surface area contributed by atoms with Gasteiger partial charge in [0, 0.05) is 16.3 Å². The maximum atomic E-state index is 13.6. The number of amides is 1. The largest absolute Gasteiger partial charge is 0.296 e. The maximum Gasteiger partial charge on any atom is 0.257 e. The minimum Gasteiger partial charge on any atom is -0.296 e. The van der Waals surface area contributed by atoms with Gasteiger partial charge in [0.1, 0.15) is 5.82 Å². The van der Waals surface area contributed by atoms with Crippen molar-refractivity contribution in [1.82, 2.24) is 10.2 Å². The van der Waals surface area contributed by atoms with Gasteiger partial charge in [0.15, 0.2) is 4.34 Å². The van der Waals surface area contributed by atoms with E-state index in [9.17, 15) is 9.18 Å². The number of hydrogen-bond acceptors (Lipinski definition) is 5. The molecule has 24 heavy (non-hydrogen) atoms. The van der Waals surface area contributed by atoms with Crippen LogP contribution in [0.25, 0.3) is 0 Å². The van der Waals surface area contributed by atoms with Crippen LogP contribution in [0.2, 0.25) is 5.02 Å². The van der Waals surface area contributed by atoms with Crippen molar-refractivity contribution < 1.29 is 9.18 Å². The van der Waals surface area contributed by atoms with Crippen LogP contribution in [0.5, 0.6) is 0 Å². The number of halogens is 2. The van der Waals surface area contributed by atoms with Gasteiger partial charge in [0.25, 0.3) is 5.91 Å². The topological polar surface area (TPSA) is 54.9 Å². The standard InChI is InChI=1S/C16H11ClFN3OS2/c17-12-6-3-5-10(8-12)14(22)19-15-20-21-16(24-15)23-9-11-4-1-2-7-13(11)18/h1-8H,9H2,(H,19,20,22). The maximum absolute atomic E-state index is 13.6. The molecule has 0 fully saturated rings. The highest BCUT2D eigenvalue weighted by atomic mass is 35.5. The number of nitrogens with zero attached hydrogens (tertiary/aromatic N) is 2. The molecule has 3 rings (SSSR count). The normalized spacial score (nSPS) is 10.6. The molecule has 0 spiro atoms. The van der Waals surface area contributed by atoms with Crippen LogP contribution in [0.4, 0.5) is 9.52 Å². The van der Waals surface area contributed by atoms with E-state index in [0.717, 1.165) is 0 Å². The summed E-state index contributed by atoms with van der Waals surface area (Å²) in [5, 5.41) is 11.5. The predicted octanol–water partition coefficient (Wildman–Crippen LogP) is 4.88. The Morgan fingerprint density at radius 1 is 1.21 bits per heavy atom. The molecular weight excluding hydrogens is 369 g/mol. The fraction of sp³-hybridized carbons (Fsp3) is 0.0625. The van der Waals surface area contributed by atoms with E-state index in [1.807, 2.05) is 0 Å². The van der Waals surface area contributed by atoms with Crippen LogP contribution in [-0.4, -0.2) is 16.1 Å². The zero-order valence-corrected chi connectivity index (χ0v) is 14.6. The molecule has 1 aromatic heterocycles. The van der Waals surface area contributed by atoms with Crippen LogP contribution in [0.15, 0.2) is 52.9 Å². The Morgan fingerprint density at radius 2 is 2.04 bits per heavy atom. The molecule has 122 valence electrons. The van der Waals surface area contributed by atoms with E-state index in [0.29, 0.717) is 31.4 Å². The summed E-state index contributed by atoms with van der Waals surface area (Å²) in [7, 11) is 0. The summed E-state index contributed by atoms with van der Waals surface area (Å²) >= 11 is 8.47. The summed E-state index contributed by atoms with van der Waals surface area (Å²) in [5.74, 6) is -0.105. The molecule has 0 atom stereocenters. The average Bonchev–Trinajstić information content (AvgIpc) is 3.01. The van der Waals surface area contributed by atoms with Gasteiger partial charge >= 0.3 is 0 Å². The van der Waals surface area contributed by atoms with E-state index in [1.54, 1.807) is 42.5 Å². The second-order valence-electron chi connectivity index (χ2n) is 4.72. The summed E-state index contributed by atoms with van der Waals surface area (Å²) in [5.41, 5.74) is 1.04. The first-order valence-corrected chi connectivity index (χ1v) is 9.06. The third kappa shape index (κ3) is 4.31. The van der Waals surface area contributed by atoms with Crippen LogP contribution >= 0.6 is 34.7 Å². The molecule has 1 N–H and O–H groups in total. The molecule has 0 aliphatic carbocycles. The van der Waals surface area contributed by atoms with Gasteiger partial charge in [0.05, 0.1) is 0 Å². The monoisotopic (exact) mass is 379 g/mol. The van der Waals surface area contributed by atoms with Crippen molar-refractivity contribution >= 4 is 45.7 Å². The number of anilines is 1. The molecule has 2 aromatic carbocycles. The molecule has 0 saturated heterocycles. The molecule has 0 aliphatic rings. The molecule has 0 aliphatic heterocycles. The number of benzene rings is 2. The molecule has 3 aromatic rings. The molecule has 4 nitrogen and oxygen atoms in total. The first-order chi connectivity index (χ1) is 11.6. The van der Waals surface area contributed by atoms with Crippen LogP contribution in [0.3, 0.4) is 0 Å². The van der Waals surface area contributed by atoms with Crippen molar-refractivity contribution in [2.45, 2.75) is 10.1 Å². The van der Waals surface area contributed by atoms with Crippen LogP contribution in [0.1, 0.15) is 15.9 Å². The van der Waals surface area contributed by atoms with Gasteiger partial charge in [-0.2, -0.15) is 0 Å². The van der Waals surface area contributed by atoms with Crippen molar-refractivity contribution in [1.29, 1.82) is 0 Å². The Hall–Kier alpha value is -1.96. The Kier molecular flexibility index (Phi) is 5.44. The van der Waals surface area contributed by atoms with E-state index in [1.165, 1.54) is 29.2 Å². The lowest BCUT2D eigenvalue weighted by molar-refractivity contribution is 0.102. The highest BCUT2D eigenvalue weighted by Crippen LogP contribution is 2.29. The Balaban J connectivity index is 1.61. The third-order valence-electron chi connectivity index (χ3n) is 3.02. The summed E-state index contributed by atoms with van der Waals surface area (Å²) in [6, 6.07) is 13.2. The predicted molar refractivity (Wildman–Crippen MR) is 95.3 cm³/mol. The minimum absolute atomic E-state index is 0.246. The lowest BCUT2D eigenvalue weighted by Gasteiger charge is -2.01. The van der Waals surface area contributed by atoms with Gasteiger partial charge in [0.2, 0.25) is 5.13 Å². The number of nitrogens with one attached hydrogen (secondary N) is 1. The van der Waals surface area contributed by atoms with Crippen molar-refractivity contribution in [3.63, 3.8) is 0 Å². The highest BCUT2D eigenvalue weighted by molar-refractivity contribution is 8.00. The number of hydrogen-bond donors (Lipinski definition) is 1. The number of rotatable bonds is 5. The number of aromatic nitrogens is 2. The Morgan fingerprint density at radius 3 is 2.83 bits per heavy atom. The van der Waals surface area contributed by atoms with Gasteiger partial charge < -0.3 is 0 Å². The van der Waals surface area contributed by atoms with Crippen molar-refractivity contribution in [2.75, 3.05) is 5.32 Å². The molecule has 1 heterocycles. The number of thioether (sulfide) groups is 1. The molecule has 0 radical (unpaired) electrons.